The van der Waals surface area contributed by atoms with E-state index in [9.17, 15) is 4.39 Å². The van der Waals surface area contributed by atoms with Gasteiger partial charge in [-0.25, -0.2) is 4.39 Å². The molecule has 13 heavy (non-hydrogen) atoms. The van der Waals surface area contributed by atoms with E-state index >= 15 is 0 Å². The van der Waals surface area contributed by atoms with E-state index in [1.54, 1.807) is 18.2 Å². The Bertz CT molecular complexity index is 310. The van der Waals surface area contributed by atoms with Gasteiger partial charge in [-0.2, -0.15) is 0 Å². The average Bonchev–Trinajstić information content (AvgIpc) is 2.10. The average molecular weight is 180 g/mol. The normalized spacial score (nSPS) is 9.69. The van der Waals surface area contributed by atoms with Crippen LogP contribution in [0.25, 0.3) is 0 Å². The molecular weight excluding hydrogens is 167 g/mol. The Kier molecular flexibility index (Phi) is 2.90. The SMILES string of the molecule is C=CCN(C)c1cccc(F)c1N. The van der Waals surface area contributed by atoms with Gasteiger partial charge < -0.3 is 10.6 Å². The molecule has 0 aromatic heterocycles. The van der Waals surface area contributed by atoms with E-state index in [1.807, 2.05) is 11.9 Å². The minimum Gasteiger partial charge on any atom is -0.395 e. The van der Waals surface area contributed by atoms with Crippen LogP contribution in [0.2, 0.25) is 0 Å². The molecule has 0 fully saturated rings. The first kappa shape index (κ1) is 9.58. The molecule has 0 aliphatic rings. The first-order valence-corrected chi connectivity index (χ1v) is 4.03. The molecule has 0 aliphatic carbocycles. The zero-order valence-electron chi connectivity index (χ0n) is 7.63. The van der Waals surface area contributed by atoms with Gasteiger partial charge in [0.1, 0.15) is 5.82 Å². The fourth-order valence-electron chi connectivity index (χ4n) is 1.15. The summed E-state index contributed by atoms with van der Waals surface area (Å²) in [6.07, 6.45) is 1.74. The van der Waals surface area contributed by atoms with Gasteiger partial charge >= 0.3 is 0 Å². The number of likely N-dealkylation sites (N-methyl/N-ethyl adjacent to an activating group) is 1. The molecule has 0 saturated heterocycles. The van der Waals surface area contributed by atoms with Gasteiger partial charge in [-0.05, 0) is 12.1 Å². The standard InChI is InChI=1S/C10H13FN2/c1-3-7-13(2)9-6-4-5-8(11)10(9)12/h3-6H,1,7,12H2,2H3. The number of hydrogen-bond donors (Lipinski definition) is 1. The summed E-state index contributed by atoms with van der Waals surface area (Å²) in [7, 11) is 1.84. The quantitative estimate of drug-likeness (QED) is 0.569. The Morgan fingerprint density at radius 3 is 2.92 bits per heavy atom. The summed E-state index contributed by atoms with van der Waals surface area (Å²) >= 11 is 0. The number of nitrogen functional groups attached to an aromatic ring is 1. The first-order chi connectivity index (χ1) is 6.16. The van der Waals surface area contributed by atoms with E-state index in [0.717, 1.165) is 0 Å². The van der Waals surface area contributed by atoms with Crippen molar-refractivity contribution in [1.29, 1.82) is 0 Å². The Hall–Kier alpha value is -1.51. The highest BCUT2D eigenvalue weighted by molar-refractivity contribution is 5.67. The lowest BCUT2D eigenvalue weighted by Gasteiger charge is -2.19. The minimum atomic E-state index is -0.381. The van der Waals surface area contributed by atoms with Crippen molar-refractivity contribution in [3.8, 4) is 0 Å². The largest absolute Gasteiger partial charge is 0.395 e. The molecule has 0 heterocycles. The molecule has 2 nitrogen and oxygen atoms in total. The number of rotatable bonds is 3. The Balaban J connectivity index is 3.00. The van der Waals surface area contributed by atoms with E-state index in [2.05, 4.69) is 6.58 Å². The molecule has 0 unspecified atom stereocenters. The van der Waals surface area contributed by atoms with Gasteiger partial charge in [0.05, 0.1) is 11.4 Å². The van der Waals surface area contributed by atoms with Crippen molar-refractivity contribution in [3.05, 3.63) is 36.7 Å². The second-order valence-corrected chi connectivity index (χ2v) is 2.84. The number of nitrogens with zero attached hydrogens (tertiary/aromatic N) is 1. The molecular formula is C10H13FN2. The van der Waals surface area contributed by atoms with Crippen LogP contribution in [0.5, 0.6) is 0 Å². The molecule has 0 atom stereocenters. The van der Waals surface area contributed by atoms with E-state index < -0.39 is 0 Å². The highest BCUT2D eigenvalue weighted by atomic mass is 19.1. The number of para-hydroxylation sites is 1. The van der Waals surface area contributed by atoms with Gasteiger partial charge in [0.25, 0.3) is 0 Å². The van der Waals surface area contributed by atoms with E-state index in [1.165, 1.54) is 6.07 Å². The van der Waals surface area contributed by atoms with Crippen LogP contribution in [0.15, 0.2) is 30.9 Å². The van der Waals surface area contributed by atoms with Crippen LogP contribution >= 0.6 is 0 Å². The number of nitrogens with two attached hydrogens (primary N) is 1. The molecule has 2 N–H and O–H groups in total. The van der Waals surface area contributed by atoms with E-state index in [-0.39, 0.29) is 11.5 Å². The third kappa shape index (κ3) is 1.99. The molecule has 0 amide bonds. The lowest BCUT2D eigenvalue weighted by Crippen LogP contribution is -2.18. The topological polar surface area (TPSA) is 29.3 Å². The fourth-order valence-corrected chi connectivity index (χ4v) is 1.15. The van der Waals surface area contributed by atoms with E-state index in [0.29, 0.717) is 12.2 Å². The molecule has 1 rings (SSSR count). The van der Waals surface area contributed by atoms with E-state index in [4.69, 9.17) is 5.73 Å². The van der Waals surface area contributed by atoms with Crippen LogP contribution in [0.1, 0.15) is 0 Å². The summed E-state index contributed by atoms with van der Waals surface area (Å²) in [5.74, 6) is -0.381. The Labute approximate surface area is 77.5 Å². The Morgan fingerprint density at radius 1 is 1.62 bits per heavy atom. The van der Waals surface area contributed by atoms with Gasteiger partial charge in [-0.3, -0.25) is 0 Å². The monoisotopic (exact) mass is 180 g/mol. The van der Waals surface area contributed by atoms with Crippen LogP contribution in [0.3, 0.4) is 0 Å². The van der Waals surface area contributed by atoms with Crippen molar-refractivity contribution in [1.82, 2.24) is 0 Å². The zero-order valence-corrected chi connectivity index (χ0v) is 7.63. The highest BCUT2D eigenvalue weighted by Crippen LogP contribution is 2.24. The molecule has 0 saturated carbocycles. The molecule has 0 bridgehead atoms. The van der Waals surface area contributed by atoms with Crippen LogP contribution < -0.4 is 10.6 Å². The summed E-state index contributed by atoms with van der Waals surface area (Å²) in [5, 5.41) is 0. The van der Waals surface area contributed by atoms with Crippen LogP contribution in [-0.4, -0.2) is 13.6 Å². The van der Waals surface area contributed by atoms with Crippen molar-refractivity contribution in [2.24, 2.45) is 0 Å². The second-order valence-electron chi connectivity index (χ2n) is 2.84. The minimum absolute atomic E-state index is 0.187. The van der Waals surface area contributed by atoms with Crippen molar-refractivity contribution < 1.29 is 4.39 Å². The lowest BCUT2D eigenvalue weighted by molar-refractivity contribution is 0.632. The summed E-state index contributed by atoms with van der Waals surface area (Å²) in [6, 6.07) is 4.77. The lowest BCUT2D eigenvalue weighted by atomic mass is 10.2. The number of hydrogen-bond acceptors (Lipinski definition) is 2. The molecule has 1 aromatic rings. The second kappa shape index (κ2) is 3.94. The predicted molar refractivity (Wildman–Crippen MR) is 54.3 cm³/mol. The molecule has 0 spiro atoms. The van der Waals surface area contributed by atoms with Gasteiger partial charge in [0, 0.05) is 13.6 Å². The van der Waals surface area contributed by atoms with Crippen LogP contribution in [0.4, 0.5) is 15.8 Å². The maximum absolute atomic E-state index is 13.0. The summed E-state index contributed by atoms with van der Waals surface area (Å²) in [5.41, 5.74) is 6.44. The van der Waals surface area contributed by atoms with Gasteiger partial charge in [-0.15, -0.1) is 6.58 Å². The number of halogens is 1. The predicted octanol–water partition coefficient (Wildman–Crippen LogP) is 2.03. The Morgan fingerprint density at radius 2 is 2.31 bits per heavy atom. The van der Waals surface area contributed by atoms with Gasteiger partial charge in [0.2, 0.25) is 0 Å². The molecule has 0 radical (unpaired) electrons. The smallest absolute Gasteiger partial charge is 0.148 e. The van der Waals surface area contributed by atoms with Gasteiger partial charge in [-0.1, -0.05) is 12.1 Å². The van der Waals surface area contributed by atoms with Crippen molar-refractivity contribution in [3.63, 3.8) is 0 Å². The maximum Gasteiger partial charge on any atom is 0.148 e. The van der Waals surface area contributed by atoms with Crippen molar-refractivity contribution >= 4 is 11.4 Å². The van der Waals surface area contributed by atoms with Crippen LogP contribution in [0, 0.1) is 5.82 Å². The molecule has 70 valence electrons. The third-order valence-corrected chi connectivity index (χ3v) is 1.84. The highest BCUT2D eigenvalue weighted by Gasteiger charge is 2.06. The number of anilines is 2. The summed E-state index contributed by atoms with van der Waals surface area (Å²) in [4.78, 5) is 1.84. The van der Waals surface area contributed by atoms with Crippen molar-refractivity contribution in [2.45, 2.75) is 0 Å². The molecule has 3 heteroatoms. The summed E-state index contributed by atoms with van der Waals surface area (Å²) < 4.78 is 13.0. The fraction of sp³-hybridized carbons (Fsp3) is 0.200. The molecule has 1 aromatic carbocycles. The van der Waals surface area contributed by atoms with Crippen molar-refractivity contribution in [2.75, 3.05) is 24.2 Å². The molecule has 0 aliphatic heterocycles. The zero-order chi connectivity index (χ0) is 9.84. The first-order valence-electron chi connectivity index (χ1n) is 4.03. The summed E-state index contributed by atoms with van der Waals surface area (Å²) in [6.45, 7) is 4.25. The third-order valence-electron chi connectivity index (χ3n) is 1.84. The number of benzene rings is 1. The maximum atomic E-state index is 13.0. The van der Waals surface area contributed by atoms with Gasteiger partial charge in [0.15, 0.2) is 0 Å². The van der Waals surface area contributed by atoms with Crippen LogP contribution in [-0.2, 0) is 0 Å².